The number of methoxy groups -OCH3 is 1. The molecule has 4 heterocycles. The zero-order chi connectivity index (χ0) is 24.0. The van der Waals surface area contributed by atoms with Gasteiger partial charge in [-0.25, -0.2) is 4.98 Å². The Hall–Kier alpha value is -3.13. The van der Waals surface area contributed by atoms with Gasteiger partial charge in [0.25, 0.3) is 6.47 Å². The SMILES string of the molecule is COc1ccc2c(c1)CCOC21CCN(C(=O)C2CCCN(c3ccccn3)C2)CC1.O=CO. The quantitative estimate of drug-likeness (QED) is 0.694. The average molecular weight is 468 g/mol. The summed E-state index contributed by atoms with van der Waals surface area (Å²) in [6.07, 6.45) is 6.44. The number of anilines is 1. The van der Waals surface area contributed by atoms with Crippen molar-refractivity contribution in [3.05, 3.63) is 53.7 Å². The molecule has 1 spiro atoms. The lowest BCUT2D eigenvalue weighted by molar-refractivity contribution is -0.145. The van der Waals surface area contributed by atoms with Crippen molar-refractivity contribution in [2.45, 2.75) is 37.7 Å². The number of carbonyl (C=O) groups excluding carboxylic acids is 1. The third kappa shape index (κ3) is 5.01. The molecule has 8 nitrogen and oxygen atoms in total. The third-order valence-corrected chi connectivity index (χ3v) is 7.18. The van der Waals surface area contributed by atoms with Crippen LogP contribution in [0.15, 0.2) is 42.6 Å². The Morgan fingerprint density at radius 1 is 1.24 bits per heavy atom. The molecular formula is C26H33N3O5. The summed E-state index contributed by atoms with van der Waals surface area (Å²) < 4.78 is 11.8. The van der Waals surface area contributed by atoms with E-state index in [2.05, 4.69) is 26.9 Å². The van der Waals surface area contributed by atoms with Crippen LogP contribution in [0.2, 0.25) is 0 Å². The van der Waals surface area contributed by atoms with E-state index in [1.807, 2.05) is 30.5 Å². The van der Waals surface area contributed by atoms with E-state index in [0.29, 0.717) is 5.91 Å². The summed E-state index contributed by atoms with van der Waals surface area (Å²) in [4.78, 5) is 30.5. The maximum atomic E-state index is 13.4. The fourth-order valence-electron chi connectivity index (χ4n) is 5.47. The summed E-state index contributed by atoms with van der Waals surface area (Å²) in [5.41, 5.74) is 2.35. The number of hydrogen-bond donors (Lipinski definition) is 1. The molecule has 1 aromatic carbocycles. The minimum atomic E-state index is -0.261. The molecule has 1 N–H and O–H groups in total. The molecule has 2 aromatic rings. The maximum Gasteiger partial charge on any atom is 0.290 e. The summed E-state index contributed by atoms with van der Waals surface area (Å²) in [5, 5.41) is 6.89. The predicted molar refractivity (Wildman–Crippen MR) is 128 cm³/mol. The van der Waals surface area contributed by atoms with E-state index in [1.165, 1.54) is 11.1 Å². The molecule has 0 aliphatic carbocycles. The molecule has 5 rings (SSSR count). The van der Waals surface area contributed by atoms with Gasteiger partial charge in [-0.05, 0) is 67.5 Å². The van der Waals surface area contributed by atoms with Gasteiger partial charge in [-0.1, -0.05) is 12.1 Å². The molecule has 0 radical (unpaired) electrons. The second-order valence-electron chi connectivity index (χ2n) is 9.02. The highest BCUT2D eigenvalue weighted by Gasteiger charge is 2.42. The van der Waals surface area contributed by atoms with Gasteiger partial charge in [0, 0.05) is 32.4 Å². The fraction of sp³-hybridized carbons (Fsp3) is 0.500. The van der Waals surface area contributed by atoms with Crippen LogP contribution in [0.25, 0.3) is 0 Å². The lowest BCUT2D eigenvalue weighted by atomic mass is 9.79. The van der Waals surface area contributed by atoms with Gasteiger partial charge in [0.2, 0.25) is 5.91 Å². The van der Waals surface area contributed by atoms with Gasteiger partial charge in [0.05, 0.1) is 25.2 Å². The number of benzene rings is 1. The molecule has 182 valence electrons. The smallest absolute Gasteiger partial charge is 0.290 e. The van der Waals surface area contributed by atoms with E-state index in [9.17, 15) is 4.79 Å². The first-order valence-corrected chi connectivity index (χ1v) is 11.9. The molecule has 34 heavy (non-hydrogen) atoms. The summed E-state index contributed by atoms with van der Waals surface area (Å²) in [5.74, 6) is 2.22. The van der Waals surface area contributed by atoms with E-state index >= 15 is 0 Å². The Balaban J connectivity index is 0.000000868. The minimum Gasteiger partial charge on any atom is -0.497 e. The summed E-state index contributed by atoms with van der Waals surface area (Å²) in [7, 11) is 1.71. The second-order valence-corrected chi connectivity index (χ2v) is 9.02. The lowest BCUT2D eigenvalue weighted by Gasteiger charge is -2.46. The van der Waals surface area contributed by atoms with E-state index < -0.39 is 0 Å². The molecule has 1 amide bonds. The fourth-order valence-corrected chi connectivity index (χ4v) is 5.47. The number of fused-ring (bicyclic) bond motifs is 2. The number of pyridine rings is 1. The number of nitrogens with zero attached hydrogens (tertiary/aromatic N) is 3. The van der Waals surface area contributed by atoms with Gasteiger partial charge >= 0.3 is 0 Å². The van der Waals surface area contributed by atoms with Gasteiger partial charge in [0.15, 0.2) is 0 Å². The van der Waals surface area contributed by atoms with Crippen LogP contribution in [0.4, 0.5) is 5.82 Å². The van der Waals surface area contributed by atoms with Crippen molar-refractivity contribution in [1.29, 1.82) is 0 Å². The molecule has 2 fully saturated rings. The van der Waals surface area contributed by atoms with Crippen LogP contribution in [0, 0.1) is 5.92 Å². The first-order chi connectivity index (χ1) is 16.6. The number of carboxylic acid groups (broad SMARTS) is 1. The van der Waals surface area contributed by atoms with Gasteiger partial charge in [-0.2, -0.15) is 0 Å². The number of carbonyl (C=O) groups is 2. The normalized spacial score (nSPS) is 21.1. The largest absolute Gasteiger partial charge is 0.497 e. The van der Waals surface area contributed by atoms with Crippen molar-refractivity contribution in [3.8, 4) is 5.75 Å². The highest BCUT2D eigenvalue weighted by Crippen LogP contribution is 2.42. The monoisotopic (exact) mass is 467 g/mol. The molecule has 3 aliphatic heterocycles. The number of piperidine rings is 2. The number of rotatable bonds is 3. The molecule has 1 unspecified atom stereocenters. The lowest BCUT2D eigenvalue weighted by Crippen LogP contribution is -2.51. The van der Waals surface area contributed by atoms with Crippen LogP contribution in [0.3, 0.4) is 0 Å². The Morgan fingerprint density at radius 2 is 2.03 bits per heavy atom. The van der Waals surface area contributed by atoms with E-state index in [0.717, 1.165) is 76.5 Å². The zero-order valence-corrected chi connectivity index (χ0v) is 19.7. The highest BCUT2D eigenvalue weighted by atomic mass is 16.5. The number of likely N-dealkylation sites (tertiary alicyclic amines) is 1. The molecule has 1 aromatic heterocycles. The van der Waals surface area contributed by atoms with E-state index in [-0.39, 0.29) is 18.0 Å². The van der Waals surface area contributed by atoms with Crippen molar-refractivity contribution < 1.29 is 24.2 Å². The number of ether oxygens (including phenoxy) is 2. The Kier molecular flexibility index (Phi) is 7.67. The standard InChI is InChI=1S/C25H31N3O3.CH2O2/c1-30-21-7-8-22-19(17-21)9-16-31-25(22)10-14-27(15-11-25)24(29)20-5-4-13-28(18-20)23-6-2-3-12-26-23;2-1-3/h2-3,6-8,12,17,20H,4-5,9-11,13-16,18H2,1H3;1H,(H,2,3). The van der Waals surface area contributed by atoms with Crippen LogP contribution in [0.1, 0.15) is 36.8 Å². The average Bonchev–Trinajstić information content (AvgIpc) is 2.90. The summed E-state index contributed by atoms with van der Waals surface area (Å²) in [6, 6.07) is 12.3. The molecule has 2 saturated heterocycles. The number of hydrogen-bond acceptors (Lipinski definition) is 6. The predicted octanol–water partition coefficient (Wildman–Crippen LogP) is 3.10. The Bertz CT molecular complexity index is 976. The molecular weight excluding hydrogens is 434 g/mol. The van der Waals surface area contributed by atoms with Crippen LogP contribution >= 0.6 is 0 Å². The number of amides is 1. The van der Waals surface area contributed by atoms with E-state index in [4.69, 9.17) is 19.4 Å². The van der Waals surface area contributed by atoms with Crippen molar-refractivity contribution in [3.63, 3.8) is 0 Å². The molecule has 8 heteroatoms. The maximum absolute atomic E-state index is 13.4. The van der Waals surface area contributed by atoms with Crippen molar-refractivity contribution in [1.82, 2.24) is 9.88 Å². The molecule has 3 aliphatic rings. The Morgan fingerprint density at radius 3 is 2.74 bits per heavy atom. The summed E-state index contributed by atoms with van der Waals surface area (Å²) >= 11 is 0. The summed E-state index contributed by atoms with van der Waals surface area (Å²) in [6.45, 7) is 3.72. The van der Waals surface area contributed by atoms with Crippen molar-refractivity contribution in [2.75, 3.05) is 44.8 Å². The van der Waals surface area contributed by atoms with E-state index in [1.54, 1.807) is 7.11 Å². The van der Waals surface area contributed by atoms with Crippen molar-refractivity contribution >= 4 is 18.2 Å². The highest BCUT2D eigenvalue weighted by molar-refractivity contribution is 5.80. The zero-order valence-electron chi connectivity index (χ0n) is 19.7. The van der Waals surface area contributed by atoms with Gasteiger partial charge in [0.1, 0.15) is 11.6 Å². The second kappa shape index (κ2) is 10.9. The van der Waals surface area contributed by atoms with Crippen LogP contribution in [-0.4, -0.2) is 67.3 Å². The van der Waals surface area contributed by atoms with Gasteiger partial charge in [-0.15, -0.1) is 0 Å². The number of aromatic nitrogens is 1. The molecule has 1 atom stereocenters. The van der Waals surface area contributed by atoms with Crippen molar-refractivity contribution in [2.24, 2.45) is 5.92 Å². The minimum absolute atomic E-state index is 0.0497. The first kappa shape index (κ1) is 24.0. The molecule has 0 saturated carbocycles. The van der Waals surface area contributed by atoms with Crippen LogP contribution < -0.4 is 9.64 Å². The van der Waals surface area contributed by atoms with Gasteiger partial charge < -0.3 is 24.4 Å². The van der Waals surface area contributed by atoms with Gasteiger partial charge in [-0.3, -0.25) is 9.59 Å². The topological polar surface area (TPSA) is 92.2 Å². The first-order valence-electron chi connectivity index (χ1n) is 11.9. The molecule has 0 bridgehead atoms. The van der Waals surface area contributed by atoms with Crippen LogP contribution in [-0.2, 0) is 26.3 Å². The van der Waals surface area contributed by atoms with Crippen LogP contribution in [0.5, 0.6) is 5.75 Å². The third-order valence-electron chi connectivity index (χ3n) is 7.18. The Labute approximate surface area is 200 Å².